The summed E-state index contributed by atoms with van der Waals surface area (Å²) in [4.78, 5) is 30.6. The minimum Gasteiger partial charge on any atom is -0.330 e. The van der Waals surface area contributed by atoms with E-state index in [2.05, 4.69) is 17.6 Å². The molecular weight excluding hydrogens is 434 g/mol. The van der Waals surface area contributed by atoms with Gasteiger partial charge in [0.2, 0.25) is 11.8 Å². The van der Waals surface area contributed by atoms with Crippen LogP contribution in [-0.4, -0.2) is 33.9 Å². The fourth-order valence-electron chi connectivity index (χ4n) is 4.72. The van der Waals surface area contributed by atoms with Gasteiger partial charge in [0, 0.05) is 23.7 Å². The van der Waals surface area contributed by atoms with E-state index in [1.54, 1.807) is 0 Å². The topological polar surface area (TPSA) is 45.6 Å². The van der Waals surface area contributed by atoms with Crippen molar-refractivity contribution in [2.45, 2.75) is 51.1 Å². The summed E-state index contributed by atoms with van der Waals surface area (Å²) in [6, 6.07) is 19.6. The maximum absolute atomic E-state index is 14.0. The Morgan fingerprint density at radius 1 is 1.00 bits per heavy atom. The van der Waals surface area contributed by atoms with Crippen molar-refractivity contribution < 1.29 is 9.59 Å². The Morgan fingerprint density at radius 2 is 1.73 bits per heavy atom. The van der Waals surface area contributed by atoms with Crippen LogP contribution in [0.2, 0.25) is 5.02 Å². The highest BCUT2D eigenvalue weighted by Gasteiger charge is 2.39. The van der Waals surface area contributed by atoms with Gasteiger partial charge >= 0.3 is 0 Å². The number of carbonyl (C=O) groups excluding carboxylic acids is 2. The van der Waals surface area contributed by atoms with Crippen LogP contribution in [0.1, 0.15) is 56.3 Å². The van der Waals surface area contributed by atoms with Gasteiger partial charge < -0.3 is 9.47 Å². The SMILES string of the molecule is CCCCC(=O)N(CC(=O)N1c2ccccc2-n2cccc2C1c1ccc(Cl)cc1)C1CC1. The second-order valence-electron chi connectivity index (χ2n) is 8.87. The molecule has 1 aliphatic carbocycles. The summed E-state index contributed by atoms with van der Waals surface area (Å²) in [5, 5.41) is 0.657. The van der Waals surface area contributed by atoms with Crippen LogP contribution in [0.25, 0.3) is 5.69 Å². The molecule has 5 nitrogen and oxygen atoms in total. The molecule has 1 aliphatic heterocycles. The van der Waals surface area contributed by atoms with Crippen LogP contribution in [0.3, 0.4) is 0 Å². The van der Waals surface area contributed by atoms with Gasteiger partial charge in [0.15, 0.2) is 0 Å². The van der Waals surface area contributed by atoms with Gasteiger partial charge in [-0.3, -0.25) is 14.5 Å². The molecule has 170 valence electrons. The molecule has 1 saturated carbocycles. The average Bonchev–Trinajstić information content (AvgIpc) is 3.55. The number of halogens is 1. The first kappa shape index (κ1) is 21.8. The minimum atomic E-state index is -0.300. The van der Waals surface area contributed by atoms with Crippen molar-refractivity contribution in [1.29, 1.82) is 0 Å². The van der Waals surface area contributed by atoms with Gasteiger partial charge in [0.05, 0.1) is 17.1 Å². The minimum absolute atomic E-state index is 0.0633. The highest BCUT2D eigenvalue weighted by molar-refractivity contribution is 6.30. The zero-order chi connectivity index (χ0) is 22.9. The highest BCUT2D eigenvalue weighted by atomic mass is 35.5. The van der Waals surface area contributed by atoms with E-state index in [0.29, 0.717) is 11.4 Å². The van der Waals surface area contributed by atoms with Crippen molar-refractivity contribution in [3.05, 3.63) is 83.1 Å². The Labute approximate surface area is 199 Å². The Hall–Kier alpha value is -3.05. The van der Waals surface area contributed by atoms with Gasteiger partial charge in [-0.25, -0.2) is 0 Å². The molecule has 2 aromatic carbocycles. The molecular formula is C27H28ClN3O2. The van der Waals surface area contributed by atoms with Crippen LogP contribution >= 0.6 is 11.6 Å². The molecule has 33 heavy (non-hydrogen) atoms. The number of hydrogen-bond donors (Lipinski definition) is 0. The van der Waals surface area contributed by atoms with Crippen molar-refractivity contribution in [3.63, 3.8) is 0 Å². The molecule has 0 bridgehead atoms. The quantitative estimate of drug-likeness (QED) is 0.449. The van der Waals surface area contributed by atoms with Gasteiger partial charge in [-0.2, -0.15) is 0 Å². The maximum Gasteiger partial charge on any atom is 0.247 e. The van der Waals surface area contributed by atoms with E-state index >= 15 is 0 Å². The van der Waals surface area contributed by atoms with Crippen LogP contribution < -0.4 is 4.90 Å². The smallest absolute Gasteiger partial charge is 0.247 e. The first-order chi connectivity index (χ1) is 16.1. The number of aromatic nitrogens is 1. The first-order valence-corrected chi connectivity index (χ1v) is 12.1. The lowest BCUT2D eigenvalue weighted by Gasteiger charge is -2.39. The fourth-order valence-corrected chi connectivity index (χ4v) is 4.85. The van der Waals surface area contributed by atoms with Gasteiger partial charge in [-0.15, -0.1) is 0 Å². The Kier molecular flexibility index (Phi) is 5.98. The van der Waals surface area contributed by atoms with Crippen LogP contribution in [0, 0.1) is 0 Å². The number of amides is 2. The molecule has 6 heteroatoms. The summed E-state index contributed by atoms with van der Waals surface area (Å²) in [7, 11) is 0. The Morgan fingerprint density at radius 3 is 2.42 bits per heavy atom. The van der Waals surface area contributed by atoms with Gasteiger partial charge in [-0.05, 0) is 61.2 Å². The van der Waals surface area contributed by atoms with Crippen LogP contribution in [-0.2, 0) is 9.59 Å². The monoisotopic (exact) mass is 461 g/mol. The number of anilines is 1. The molecule has 5 rings (SSSR count). The Bertz CT molecular complexity index is 1170. The zero-order valence-corrected chi connectivity index (χ0v) is 19.5. The lowest BCUT2D eigenvalue weighted by Crippen LogP contribution is -2.47. The van der Waals surface area contributed by atoms with Gasteiger partial charge in [0.25, 0.3) is 0 Å². The second kappa shape index (κ2) is 9.06. The summed E-state index contributed by atoms with van der Waals surface area (Å²) in [6.07, 6.45) is 6.30. The van der Waals surface area contributed by atoms with E-state index < -0.39 is 0 Å². The van der Waals surface area contributed by atoms with Crippen molar-refractivity contribution in [2.24, 2.45) is 0 Å². The lowest BCUT2D eigenvalue weighted by molar-refractivity contribution is -0.136. The van der Waals surface area contributed by atoms with E-state index in [1.165, 1.54) is 0 Å². The normalized spacial score (nSPS) is 16.8. The molecule has 0 saturated heterocycles. The maximum atomic E-state index is 14.0. The summed E-state index contributed by atoms with van der Waals surface area (Å²) < 4.78 is 2.14. The third-order valence-corrected chi connectivity index (χ3v) is 6.78. The number of carbonyl (C=O) groups is 2. The zero-order valence-electron chi connectivity index (χ0n) is 18.8. The first-order valence-electron chi connectivity index (χ1n) is 11.7. The van der Waals surface area contributed by atoms with Gasteiger partial charge in [0.1, 0.15) is 12.6 Å². The summed E-state index contributed by atoms with van der Waals surface area (Å²) >= 11 is 6.17. The number of hydrogen-bond acceptors (Lipinski definition) is 2. The van der Waals surface area contributed by atoms with E-state index in [0.717, 1.165) is 48.3 Å². The molecule has 2 heterocycles. The number of benzene rings is 2. The number of rotatable bonds is 7. The van der Waals surface area contributed by atoms with Crippen molar-refractivity contribution >= 4 is 29.1 Å². The molecule has 1 fully saturated rings. The molecule has 2 amide bonds. The summed E-state index contributed by atoms with van der Waals surface area (Å²) in [5.41, 5.74) is 3.81. The number of fused-ring (bicyclic) bond motifs is 3. The van der Waals surface area contributed by atoms with E-state index in [9.17, 15) is 9.59 Å². The second-order valence-corrected chi connectivity index (χ2v) is 9.30. The molecule has 2 aliphatic rings. The summed E-state index contributed by atoms with van der Waals surface area (Å²) in [5.74, 6) is 0.0241. The molecule has 0 N–H and O–H groups in total. The predicted octanol–water partition coefficient (Wildman–Crippen LogP) is 5.75. The van der Waals surface area contributed by atoms with Crippen LogP contribution in [0.5, 0.6) is 0 Å². The Balaban J connectivity index is 1.55. The highest BCUT2D eigenvalue weighted by Crippen LogP contribution is 2.42. The molecule has 1 aromatic heterocycles. The van der Waals surface area contributed by atoms with E-state index in [4.69, 9.17) is 11.6 Å². The molecule has 0 radical (unpaired) electrons. The van der Waals surface area contributed by atoms with Crippen molar-refractivity contribution in [1.82, 2.24) is 9.47 Å². The van der Waals surface area contributed by atoms with Crippen LogP contribution in [0.4, 0.5) is 5.69 Å². The van der Waals surface area contributed by atoms with Crippen LogP contribution in [0.15, 0.2) is 66.9 Å². The largest absolute Gasteiger partial charge is 0.330 e. The fraction of sp³-hybridized carbons (Fsp3) is 0.333. The number of nitrogens with zero attached hydrogens (tertiary/aromatic N) is 3. The molecule has 0 spiro atoms. The lowest BCUT2D eigenvalue weighted by atomic mass is 9.97. The van der Waals surface area contributed by atoms with E-state index in [1.807, 2.05) is 70.6 Å². The van der Waals surface area contributed by atoms with Crippen molar-refractivity contribution in [3.8, 4) is 5.69 Å². The predicted molar refractivity (Wildman–Crippen MR) is 131 cm³/mol. The average molecular weight is 462 g/mol. The van der Waals surface area contributed by atoms with Crippen molar-refractivity contribution in [2.75, 3.05) is 11.4 Å². The number of para-hydroxylation sites is 2. The number of unbranched alkanes of at least 4 members (excludes halogenated alkanes) is 1. The third kappa shape index (κ3) is 4.18. The molecule has 1 unspecified atom stereocenters. The molecule has 3 aromatic rings. The molecule has 1 atom stereocenters. The van der Waals surface area contributed by atoms with E-state index in [-0.39, 0.29) is 30.4 Å². The third-order valence-electron chi connectivity index (χ3n) is 6.53. The van der Waals surface area contributed by atoms with Gasteiger partial charge in [-0.1, -0.05) is 49.2 Å². The standard InChI is InChI=1S/C27H28ClN3O2/c1-2-3-10-25(32)30(21-15-16-21)18-26(33)31-23-8-5-4-7-22(23)29-17-6-9-24(29)27(31)19-11-13-20(28)14-12-19/h4-9,11-14,17,21,27H,2-3,10,15-16,18H2,1H3. The summed E-state index contributed by atoms with van der Waals surface area (Å²) in [6.45, 7) is 2.18.